The van der Waals surface area contributed by atoms with Crippen molar-refractivity contribution in [1.29, 1.82) is 0 Å². The molecule has 1 N–H and O–H groups in total. The Morgan fingerprint density at radius 1 is 1.21 bits per heavy atom. The van der Waals surface area contributed by atoms with Gasteiger partial charge in [0.15, 0.2) is 5.13 Å². The fourth-order valence-corrected chi connectivity index (χ4v) is 3.10. The van der Waals surface area contributed by atoms with Crippen molar-refractivity contribution in [3.05, 3.63) is 52.8 Å². The monoisotopic (exact) mass is 333 g/mol. The number of hydrogen-bond acceptors (Lipinski definition) is 4. The van der Waals surface area contributed by atoms with Gasteiger partial charge >= 0.3 is 0 Å². The van der Waals surface area contributed by atoms with Crippen molar-refractivity contribution < 1.29 is 4.79 Å². The van der Waals surface area contributed by atoms with Crippen molar-refractivity contribution in [3.63, 3.8) is 0 Å². The van der Waals surface area contributed by atoms with E-state index in [2.05, 4.69) is 31.2 Å². The van der Waals surface area contributed by atoms with Gasteiger partial charge in [0.05, 0.1) is 10.2 Å². The Hall–Kier alpha value is -1.79. The van der Waals surface area contributed by atoms with E-state index in [0.717, 1.165) is 14.7 Å². The van der Waals surface area contributed by atoms with Gasteiger partial charge in [-0.2, -0.15) is 0 Å². The lowest BCUT2D eigenvalue weighted by molar-refractivity contribution is 0.102. The average Bonchev–Trinajstić information content (AvgIpc) is 2.84. The van der Waals surface area contributed by atoms with Crippen LogP contribution in [-0.4, -0.2) is 15.9 Å². The summed E-state index contributed by atoms with van der Waals surface area (Å²) in [7, 11) is 0. The highest BCUT2D eigenvalue weighted by Crippen LogP contribution is 2.30. The number of thiazole rings is 1. The molecule has 19 heavy (non-hydrogen) atoms. The van der Waals surface area contributed by atoms with Crippen molar-refractivity contribution in [1.82, 2.24) is 9.97 Å². The summed E-state index contributed by atoms with van der Waals surface area (Å²) in [5.74, 6) is -0.254. The summed E-state index contributed by atoms with van der Waals surface area (Å²) >= 11 is 4.87. The molecule has 94 valence electrons. The van der Waals surface area contributed by atoms with E-state index >= 15 is 0 Å². The zero-order valence-electron chi connectivity index (χ0n) is 9.63. The molecule has 0 fully saturated rings. The molecule has 0 aliphatic heterocycles. The number of amides is 1. The van der Waals surface area contributed by atoms with Gasteiger partial charge < -0.3 is 0 Å². The van der Waals surface area contributed by atoms with Gasteiger partial charge in [-0.15, -0.1) is 0 Å². The fourth-order valence-electron chi connectivity index (χ4n) is 1.63. The van der Waals surface area contributed by atoms with Gasteiger partial charge in [-0.25, -0.2) is 4.98 Å². The molecule has 1 amide bonds. The van der Waals surface area contributed by atoms with Crippen molar-refractivity contribution in [3.8, 4) is 0 Å². The third-order valence-corrected chi connectivity index (χ3v) is 4.06. The highest BCUT2D eigenvalue weighted by Gasteiger charge is 2.11. The zero-order valence-corrected chi connectivity index (χ0v) is 12.0. The molecule has 2 heterocycles. The number of para-hydroxylation sites is 1. The van der Waals surface area contributed by atoms with E-state index in [1.54, 1.807) is 24.4 Å². The van der Waals surface area contributed by atoms with Gasteiger partial charge in [0.2, 0.25) is 0 Å². The molecule has 0 aliphatic rings. The number of nitrogens with zero attached hydrogens (tertiary/aromatic N) is 2. The maximum atomic E-state index is 12.0. The summed E-state index contributed by atoms with van der Waals surface area (Å²) in [6.45, 7) is 0. The third kappa shape index (κ3) is 2.50. The quantitative estimate of drug-likeness (QED) is 0.777. The largest absolute Gasteiger partial charge is 0.296 e. The van der Waals surface area contributed by atoms with Gasteiger partial charge in [0.1, 0.15) is 5.69 Å². The van der Waals surface area contributed by atoms with Gasteiger partial charge in [-0.05, 0) is 40.2 Å². The molecule has 3 rings (SSSR count). The van der Waals surface area contributed by atoms with Gasteiger partial charge in [0, 0.05) is 10.7 Å². The first kappa shape index (κ1) is 12.3. The van der Waals surface area contributed by atoms with Crippen molar-refractivity contribution in [2.75, 3.05) is 5.32 Å². The molecule has 1 aromatic carbocycles. The Kier molecular flexibility index (Phi) is 3.27. The Morgan fingerprint density at radius 3 is 2.84 bits per heavy atom. The number of nitrogens with one attached hydrogen (secondary N) is 1. The molecular formula is C13H8BrN3OS. The van der Waals surface area contributed by atoms with Crippen molar-refractivity contribution in [2.24, 2.45) is 0 Å². The minimum atomic E-state index is -0.254. The number of benzene rings is 1. The van der Waals surface area contributed by atoms with Crippen LogP contribution in [0.1, 0.15) is 10.5 Å². The number of halogens is 1. The standard InChI is InChI=1S/C13H8BrN3OS/c14-8-4-3-6-10-11(8)16-13(19-10)17-12(18)9-5-1-2-7-15-9/h1-7H,(H,16,17,18). The molecule has 0 radical (unpaired) electrons. The predicted molar refractivity (Wildman–Crippen MR) is 79.5 cm³/mol. The molecular weight excluding hydrogens is 326 g/mol. The van der Waals surface area contributed by atoms with Crippen LogP contribution in [0.5, 0.6) is 0 Å². The van der Waals surface area contributed by atoms with Crippen LogP contribution in [0.3, 0.4) is 0 Å². The minimum Gasteiger partial charge on any atom is -0.296 e. The van der Waals surface area contributed by atoms with Gasteiger partial charge in [-0.1, -0.05) is 23.5 Å². The maximum absolute atomic E-state index is 12.0. The lowest BCUT2D eigenvalue weighted by Crippen LogP contribution is -2.12. The third-order valence-electron chi connectivity index (χ3n) is 2.49. The summed E-state index contributed by atoms with van der Waals surface area (Å²) in [6, 6.07) is 11.0. The Bertz CT molecular complexity index is 742. The topological polar surface area (TPSA) is 54.9 Å². The molecule has 4 nitrogen and oxygen atoms in total. The van der Waals surface area contributed by atoms with Crippen LogP contribution in [0, 0.1) is 0 Å². The summed E-state index contributed by atoms with van der Waals surface area (Å²) in [5, 5.41) is 3.33. The lowest BCUT2D eigenvalue weighted by Gasteiger charge is -1.99. The second kappa shape index (κ2) is 5.07. The molecule has 0 spiro atoms. The number of pyridine rings is 1. The molecule has 3 aromatic rings. The first-order valence-electron chi connectivity index (χ1n) is 5.51. The Balaban J connectivity index is 1.90. The minimum absolute atomic E-state index is 0.254. The first-order valence-corrected chi connectivity index (χ1v) is 7.12. The van der Waals surface area contributed by atoms with Crippen LogP contribution < -0.4 is 5.32 Å². The Morgan fingerprint density at radius 2 is 2.11 bits per heavy atom. The van der Waals surface area contributed by atoms with Crippen LogP contribution in [0.15, 0.2) is 47.1 Å². The van der Waals surface area contributed by atoms with E-state index < -0.39 is 0 Å². The number of hydrogen-bond donors (Lipinski definition) is 1. The van der Waals surface area contributed by atoms with Crippen LogP contribution in [0.2, 0.25) is 0 Å². The predicted octanol–water partition coefficient (Wildman–Crippen LogP) is 3.71. The lowest BCUT2D eigenvalue weighted by atomic mass is 10.3. The highest BCUT2D eigenvalue weighted by atomic mass is 79.9. The summed E-state index contributed by atoms with van der Waals surface area (Å²) in [6.07, 6.45) is 1.59. The zero-order chi connectivity index (χ0) is 13.2. The molecule has 0 atom stereocenters. The second-order valence-corrected chi connectivity index (χ2v) is 5.66. The summed E-state index contributed by atoms with van der Waals surface area (Å²) < 4.78 is 1.94. The average molecular weight is 334 g/mol. The maximum Gasteiger partial charge on any atom is 0.276 e. The number of carbonyl (C=O) groups excluding carboxylic acids is 1. The van der Waals surface area contributed by atoms with Gasteiger partial charge in [0.25, 0.3) is 5.91 Å². The SMILES string of the molecule is O=C(Nc1nc2c(Br)cccc2s1)c1ccccn1. The number of rotatable bonds is 2. The molecule has 6 heteroatoms. The second-order valence-electron chi connectivity index (χ2n) is 3.77. The highest BCUT2D eigenvalue weighted by molar-refractivity contribution is 9.10. The van der Waals surface area contributed by atoms with Crippen LogP contribution in [0.4, 0.5) is 5.13 Å². The van der Waals surface area contributed by atoms with E-state index in [4.69, 9.17) is 0 Å². The number of aromatic nitrogens is 2. The molecule has 0 unspecified atom stereocenters. The van der Waals surface area contributed by atoms with E-state index in [1.165, 1.54) is 11.3 Å². The van der Waals surface area contributed by atoms with E-state index in [9.17, 15) is 4.79 Å². The van der Waals surface area contributed by atoms with E-state index in [0.29, 0.717) is 10.8 Å². The van der Waals surface area contributed by atoms with Crippen molar-refractivity contribution >= 4 is 48.5 Å². The van der Waals surface area contributed by atoms with E-state index in [1.807, 2.05) is 18.2 Å². The van der Waals surface area contributed by atoms with Crippen LogP contribution in [0.25, 0.3) is 10.2 Å². The number of carbonyl (C=O) groups is 1. The fraction of sp³-hybridized carbons (Fsp3) is 0. The first-order chi connectivity index (χ1) is 9.24. The normalized spacial score (nSPS) is 10.6. The summed E-state index contributed by atoms with van der Waals surface area (Å²) in [4.78, 5) is 20.3. The number of fused-ring (bicyclic) bond motifs is 1. The molecule has 0 saturated heterocycles. The van der Waals surface area contributed by atoms with Crippen molar-refractivity contribution in [2.45, 2.75) is 0 Å². The molecule has 0 bridgehead atoms. The van der Waals surface area contributed by atoms with Crippen LogP contribution >= 0.6 is 27.3 Å². The smallest absolute Gasteiger partial charge is 0.276 e. The summed E-state index contributed by atoms with van der Waals surface area (Å²) in [5.41, 5.74) is 1.23. The van der Waals surface area contributed by atoms with Gasteiger partial charge in [-0.3, -0.25) is 15.1 Å². The molecule has 2 aromatic heterocycles. The van der Waals surface area contributed by atoms with E-state index in [-0.39, 0.29) is 5.91 Å². The van der Waals surface area contributed by atoms with Crippen LogP contribution in [-0.2, 0) is 0 Å². The molecule has 0 saturated carbocycles. The Labute approximate surface area is 121 Å². The number of anilines is 1. The molecule has 0 aliphatic carbocycles.